The molecule has 2 saturated heterocycles. The number of hydrogen-bond donors (Lipinski definition) is 1. The number of likely N-dealkylation sites (tertiary alicyclic amines) is 1. The highest BCUT2D eigenvalue weighted by Crippen LogP contribution is 2.30. The summed E-state index contributed by atoms with van der Waals surface area (Å²) >= 11 is 5.98. The second-order valence-corrected chi connectivity index (χ2v) is 8.93. The molecule has 3 aliphatic rings. The van der Waals surface area contributed by atoms with Crippen LogP contribution in [0.25, 0.3) is 0 Å². The first-order valence-electron chi connectivity index (χ1n) is 10.9. The third-order valence-electron chi connectivity index (χ3n) is 6.44. The van der Waals surface area contributed by atoms with Crippen molar-refractivity contribution in [1.82, 2.24) is 14.7 Å². The number of halogens is 1. The molecule has 1 atom stereocenters. The normalized spacial score (nSPS) is 23.0. The molecule has 4 rings (SSSR count). The van der Waals surface area contributed by atoms with Crippen LogP contribution in [0.2, 0.25) is 5.02 Å². The third-order valence-corrected chi connectivity index (χ3v) is 6.68. The Morgan fingerprint density at radius 1 is 1.00 bits per heavy atom. The molecule has 8 heteroatoms. The fourth-order valence-corrected chi connectivity index (χ4v) is 5.02. The number of urea groups is 1. The number of carbonyl (C=O) groups excluding carboxylic acids is 3. The van der Waals surface area contributed by atoms with E-state index in [4.69, 9.17) is 11.6 Å². The maximum Gasteiger partial charge on any atom is 0.321 e. The van der Waals surface area contributed by atoms with Crippen LogP contribution in [0.15, 0.2) is 24.3 Å². The Bertz CT molecular complexity index is 811. The van der Waals surface area contributed by atoms with Crippen molar-refractivity contribution in [3.8, 4) is 0 Å². The van der Waals surface area contributed by atoms with Crippen molar-refractivity contribution in [2.24, 2.45) is 5.92 Å². The SMILES string of the molecule is O=C(Nc1cccc(Cl)c1)N1CCCN(C(=O)C2CC(=O)N(C3CCCC3)C2)CC1. The molecule has 30 heavy (non-hydrogen) atoms. The molecule has 0 bridgehead atoms. The Hall–Kier alpha value is -2.28. The highest BCUT2D eigenvalue weighted by atomic mass is 35.5. The predicted octanol–water partition coefficient (Wildman–Crippen LogP) is 3.20. The van der Waals surface area contributed by atoms with Crippen LogP contribution >= 0.6 is 11.6 Å². The molecule has 1 N–H and O–H groups in total. The third kappa shape index (κ3) is 4.72. The average molecular weight is 433 g/mol. The Kier molecular flexibility index (Phi) is 6.46. The Morgan fingerprint density at radius 3 is 2.50 bits per heavy atom. The molecule has 7 nitrogen and oxygen atoms in total. The van der Waals surface area contributed by atoms with Crippen molar-refractivity contribution < 1.29 is 14.4 Å². The van der Waals surface area contributed by atoms with Gasteiger partial charge in [-0.2, -0.15) is 0 Å². The summed E-state index contributed by atoms with van der Waals surface area (Å²) in [5.74, 6) is -0.0662. The molecule has 3 fully saturated rings. The van der Waals surface area contributed by atoms with Crippen LogP contribution in [0.3, 0.4) is 0 Å². The maximum atomic E-state index is 13.1. The lowest BCUT2D eigenvalue weighted by atomic mass is 10.1. The predicted molar refractivity (Wildman–Crippen MR) is 115 cm³/mol. The first-order chi connectivity index (χ1) is 14.5. The summed E-state index contributed by atoms with van der Waals surface area (Å²) in [6.45, 7) is 2.74. The quantitative estimate of drug-likeness (QED) is 0.797. The molecule has 4 amide bonds. The Labute approximate surface area is 182 Å². The minimum absolute atomic E-state index is 0.0564. The van der Waals surface area contributed by atoms with Crippen LogP contribution in [-0.2, 0) is 9.59 Å². The van der Waals surface area contributed by atoms with Crippen molar-refractivity contribution in [3.63, 3.8) is 0 Å². The number of nitrogens with zero attached hydrogens (tertiary/aromatic N) is 3. The molecule has 2 aliphatic heterocycles. The van der Waals surface area contributed by atoms with Crippen LogP contribution in [0.5, 0.6) is 0 Å². The van der Waals surface area contributed by atoms with E-state index in [-0.39, 0.29) is 23.8 Å². The molecule has 2 heterocycles. The van der Waals surface area contributed by atoms with Crippen LogP contribution in [0.4, 0.5) is 10.5 Å². The monoisotopic (exact) mass is 432 g/mol. The first kappa shape index (κ1) is 21.0. The Morgan fingerprint density at radius 2 is 1.73 bits per heavy atom. The average Bonchev–Trinajstić information content (AvgIpc) is 3.30. The van der Waals surface area contributed by atoms with Gasteiger partial charge < -0.3 is 20.0 Å². The zero-order chi connectivity index (χ0) is 21.1. The molecule has 0 spiro atoms. The Balaban J connectivity index is 1.31. The summed E-state index contributed by atoms with van der Waals surface area (Å²) in [4.78, 5) is 43.7. The van der Waals surface area contributed by atoms with Gasteiger partial charge in [0.05, 0.1) is 5.92 Å². The summed E-state index contributed by atoms with van der Waals surface area (Å²) in [7, 11) is 0. The lowest BCUT2D eigenvalue weighted by molar-refractivity contribution is -0.135. The number of hydrogen-bond acceptors (Lipinski definition) is 3. The highest BCUT2D eigenvalue weighted by molar-refractivity contribution is 6.30. The summed E-state index contributed by atoms with van der Waals surface area (Å²) in [6.07, 6.45) is 5.52. The van der Waals surface area contributed by atoms with Crippen LogP contribution < -0.4 is 5.32 Å². The van der Waals surface area contributed by atoms with Crippen LogP contribution in [0.1, 0.15) is 38.5 Å². The van der Waals surface area contributed by atoms with Gasteiger partial charge in [-0.25, -0.2) is 4.79 Å². The highest BCUT2D eigenvalue weighted by Gasteiger charge is 2.40. The smallest absolute Gasteiger partial charge is 0.321 e. The standard InChI is InChI=1S/C22H29ClN4O3/c23-17-5-3-6-18(14-17)24-22(30)26-10-4-9-25(11-12-26)21(29)16-13-20(28)27(15-16)19-7-1-2-8-19/h3,5-6,14,16,19H,1-2,4,7-13,15H2,(H,24,30). The number of rotatable bonds is 3. The van der Waals surface area contributed by atoms with E-state index in [1.165, 1.54) is 12.8 Å². The molecule has 1 aromatic carbocycles. The van der Waals surface area contributed by atoms with E-state index >= 15 is 0 Å². The number of carbonyl (C=O) groups is 3. The summed E-state index contributed by atoms with van der Waals surface area (Å²) in [6, 6.07) is 7.19. The second kappa shape index (κ2) is 9.25. The van der Waals surface area contributed by atoms with E-state index in [0.29, 0.717) is 55.9 Å². The van der Waals surface area contributed by atoms with Gasteiger partial charge >= 0.3 is 6.03 Å². The van der Waals surface area contributed by atoms with Crippen LogP contribution in [0, 0.1) is 5.92 Å². The van der Waals surface area contributed by atoms with Gasteiger partial charge in [-0.15, -0.1) is 0 Å². The minimum atomic E-state index is -0.245. The number of benzene rings is 1. The largest absolute Gasteiger partial charge is 0.341 e. The fourth-order valence-electron chi connectivity index (χ4n) is 4.83. The number of anilines is 1. The van der Waals surface area contributed by atoms with E-state index in [1.54, 1.807) is 29.2 Å². The fraction of sp³-hybridized carbons (Fsp3) is 0.591. The van der Waals surface area contributed by atoms with E-state index in [1.807, 2.05) is 9.80 Å². The molecule has 1 unspecified atom stereocenters. The summed E-state index contributed by atoms with van der Waals surface area (Å²) in [5, 5.41) is 3.44. The second-order valence-electron chi connectivity index (χ2n) is 8.49. The van der Waals surface area contributed by atoms with E-state index in [9.17, 15) is 14.4 Å². The minimum Gasteiger partial charge on any atom is -0.341 e. The van der Waals surface area contributed by atoms with Gasteiger partial charge in [-0.3, -0.25) is 9.59 Å². The topological polar surface area (TPSA) is 73.0 Å². The van der Waals surface area contributed by atoms with Crippen molar-refractivity contribution in [1.29, 1.82) is 0 Å². The molecule has 162 valence electrons. The molecular weight excluding hydrogens is 404 g/mol. The molecule has 1 saturated carbocycles. The zero-order valence-electron chi connectivity index (χ0n) is 17.2. The van der Waals surface area contributed by atoms with Gasteiger partial charge in [0.25, 0.3) is 0 Å². The zero-order valence-corrected chi connectivity index (χ0v) is 17.9. The summed E-state index contributed by atoms with van der Waals surface area (Å²) < 4.78 is 0. The molecule has 1 aliphatic carbocycles. The van der Waals surface area contributed by atoms with Crippen molar-refractivity contribution >= 4 is 35.1 Å². The lowest BCUT2D eigenvalue weighted by Crippen LogP contribution is -2.42. The van der Waals surface area contributed by atoms with Crippen molar-refractivity contribution in [2.75, 3.05) is 38.0 Å². The van der Waals surface area contributed by atoms with Crippen molar-refractivity contribution in [3.05, 3.63) is 29.3 Å². The van der Waals surface area contributed by atoms with Gasteiger partial charge in [0.1, 0.15) is 0 Å². The van der Waals surface area contributed by atoms with Gasteiger partial charge in [0, 0.05) is 55.9 Å². The lowest BCUT2D eigenvalue weighted by Gasteiger charge is -2.26. The van der Waals surface area contributed by atoms with Gasteiger partial charge in [0.2, 0.25) is 11.8 Å². The number of nitrogens with one attached hydrogen (secondary N) is 1. The van der Waals surface area contributed by atoms with Gasteiger partial charge in [-0.05, 0) is 37.5 Å². The van der Waals surface area contributed by atoms with Crippen molar-refractivity contribution in [2.45, 2.75) is 44.6 Å². The molecular formula is C22H29ClN4O3. The number of amides is 4. The molecule has 0 aromatic heterocycles. The van der Waals surface area contributed by atoms with Gasteiger partial charge in [0.15, 0.2) is 0 Å². The van der Waals surface area contributed by atoms with E-state index < -0.39 is 0 Å². The van der Waals surface area contributed by atoms with E-state index in [2.05, 4.69) is 5.32 Å². The molecule has 1 aromatic rings. The summed E-state index contributed by atoms with van der Waals surface area (Å²) in [5.41, 5.74) is 0.654. The first-order valence-corrected chi connectivity index (χ1v) is 11.3. The maximum absolute atomic E-state index is 13.1. The van der Waals surface area contributed by atoms with E-state index in [0.717, 1.165) is 19.3 Å². The van der Waals surface area contributed by atoms with Crippen LogP contribution in [-0.4, -0.2) is 71.3 Å². The molecule has 0 radical (unpaired) electrons. The van der Waals surface area contributed by atoms with Gasteiger partial charge in [-0.1, -0.05) is 30.5 Å².